The second-order valence-corrected chi connectivity index (χ2v) is 6.48. The molecule has 0 radical (unpaired) electrons. The molecule has 2 heterocycles. The first-order chi connectivity index (χ1) is 10.6. The predicted octanol–water partition coefficient (Wildman–Crippen LogP) is 0.843. The van der Waals surface area contributed by atoms with Crippen molar-refractivity contribution in [3.63, 3.8) is 0 Å². The standard InChI is InChI=1S/C16H19N3O3/c1-9-8-22-16-7-10-3-2-4-12(15(17)18-21)13(10)5-11(16)6-14(20)19(9)16/h2-4,9,11,21H,5-8H2,1H3,(H2,17,18)/t9-,11?,16?/m1/s1. The Hall–Kier alpha value is -2.08. The normalized spacial score (nSPS) is 33.6. The molecule has 2 saturated heterocycles. The van der Waals surface area contributed by atoms with Crippen molar-refractivity contribution in [2.24, 2.45) is 16.8 Å². The van der Waals surface area contributed by atoms with Crippen LogP contribution in [0.15, 0.2) is 23.4 Å². The largest absolute Gasteiger partial charge is 0.409 e. The second-order valence-electron chi connectivity index (χ2n) is 6.48. The summed E-state index contributed by atoms with van der Waals surface area (Å²) in [5.74, 6) is 0.424. The molecule has 2 unspecified atom stereocenters. The van der Waals surface area contributed by atoms with E-state index in [0.717, 1.165) is 23.1 Å². The van der Waals surface area contributed by atoms with Crippen LogP contribution >= 0.6 is 0 Å². The summed E-state index contributed by atoms with van der Waals surface area (Å²) < 4.78 is 6.13. The molecule has 3 aliphatic rings. The van der Waals surface area contributed by atoms with Crippen molar-refractivity contribution in [2.75, 3.05) is 6.61 Å². The van der Waals surface area contributed by atoms with E-state index >= 15 is 0 Å². The van der Waals surface area contributed by atoms with Crippen LogP contribution in [0, 0.1) is 5.92 Å². The van der Waals surface area contributed by atoms with Crippen LogP contribution in [0.1, 0.15) is 30.0 Å². The van der Waals surface area contributed by atoms with Gasteiger partial charge in [0.05, 0.1) is 12.6 Å². The number of amides is 1. The molecule has 3 atom stereocenters. The van der Waals surface area contributed by atoms with Crippen LogP contribution in [0.2, 0.25) is 0 Å². The van der Waals surface area contributed by atoms with Crippen LogP contribution in [0.25, 0.3) is 0 Å². The maximum absolute atomic E-state index is 12.4. The maximum atomic E-state index is 12.4. The number of oxime groups is 1. The first-order valence-corrected chi connectivity index (χ1v) is 7.61. The Labute approximate surface area is 128 Å². The molecule has 0 aromatic heterocycles. The second kappa shape index (κ2) is 4.46. The quantitative estimate of drug-likeness (QED) is 0.348. The minimum atomic E-state index is -0.493. The van der Waals surface area contributed by atoms with Crippen molar-refractivity contribution >= 4 is 11.7 Å². The van der Waals surface area contributed by atoms with Crippen molar-refractivity contribution in [1.29, 1.82) is 0 Å². The molecule has 3 N–H and O–H groups in total. The summed E-state index contributed by atoms with van der Waals surface area (Å²) in [6.07, 6.45) is 1.90. The molecule has 22 heavy (non-hydrogen) atoms. The molecule has 0 bridgehead atoms. The first kappa shape index (κ1) is 13.6. The van der Waals surface area contributed by atoms with Gasteiger partial charge in [0.25, 0.3) is 0 Å². The minimum absolute atomic E-state index is 0.120. The van der Waals surface area contributed by atoms with E-state index in [1.165, 1.54) is 0 Å². The Balaban J connectivity index is 1.82. The fourth-order valence-electron chi connectivity index (χ4n) is 4.39. The fourth-order valence-corrected chi connectivity index (χ4v) is 4.39. The third kappa shape index (κ3) is 1.58. The average molecular weight is 301 g/mol. The predicted molar refractivity (Wildman–Crippen MR) is 79.5 cm³/mol. The molecule has 1 aromatic rings. The summed E-state index contributed by atoms with van der Waals surface area (Å²) in [6.45, 7) is 2.63. The summed E-state index contributed by atoms with van der Waals surface area (Å²) in [7, 11) is 0. The number of fused-ring (bicyclic) bond motifs is 1. The molecule has 1 spiro atoms. The molecule has 1 amide bonds. The van der Waals surface area contributed by atoms with Gasteiger partial charge >= 0.3 is 0 Å². The van der Waals surface area contributed by atoms with Crippen molar-refractivity contribution in [3.05, 3.63) is 34.9 Å². The van der Waals surface area contributed by atoms with E-state index in [2.05, 4.69) is 5.16 Å². The number of hydrogen-bond acceptors (Lipinski definition) is 4. The molecule has 116 valence electrons. The van der Waals surface area contributed by atoms with Gasteiger partial charge in [0.15, 0.2) is 11.6 Å². The van der Waals surface area contributed by atoms with Gasteiger partial charge in [0.1, 0.15) is 0 Å². The lowest BCUT2D eigenvalue weighted by Crippen LogP contribution is -2.52. The number of nitrogens with zero attached hydrogens (tertiary/aromatic N) is 2. The van der Waals surface area contributed by atoms with E-state index in [0.29, 0.717) is 19.4 Å². The van der Waals surface area contributed by atoms with Crippen LogP contribution in [0.4, 0.5) is 0 Å². The molecular formula is C16H19N3O3. The van der Waals surface area contributed by atoms with Gasteiger partial charge in [-0.05, 0) is 24.5 Å². The molecule has 2 fully saturated rings. The zero-order valence-electron chi connectivity index (χ0n) is 12.5. The van der Waals surface area contributed by atoms with E-state index in [1.807, 2.05) is 30.0 Å². The van der Waals surface area contributed by atoms with Crippen LogP contribution in [-0.2, 0) is 22.4 Å². The van der Waals surface area contributed by atoms with Crippen LogP contribution in [0.3, 0.4) is 0 Å². The lowest BCUT2D eigenvalue weighted by atomic mass is 9.76. The van der Waals surface area contributed by atoms with Gasteiger partial charge in [-0.1, -0.05) is 23.4 Å². The molecule has 1 aliphatic carbocycles. The van der Waals surface area contributed by atoms with E-state index < -0.39 is 5.72 Å². The lowest BCUT2D eigenvalue weighted by Gasteiger charge is -2.41. The van der Waals surface area contributed by atoms with Gasteiger partial charge in [-0.2, -0.15) is 0 Å². The number of amidine groups is 1. The topological polar surface area (TPSA) is 88.1 Å². The Morgan fingerprint density at radius 2 is 2.32 bits per heavy atom. The van der Waals surface area contributed by atoms with Gasteiger partial charge in [-0.25, -0.2) is 0 Å². The van der Waals surface area contributed by atoms with Crippen LogP contribution < -0.4 is 5.73 Å². The molecule has 1 aromatic carbocycles. The van der Waals surface area contributed by atoms with Crippen molar-refractivity contribution in [2.45, 2.75) is 38.0 Å². The fraction of sp³-hybridized carbons (Fsp3) is 0.500. The first-order valence-electron chi connectivity index (χ1n) is 7.61. The molecule has 4 rings (SSSR count). The number of rotatable bonds is 1. The van der Waals surface area contributed by atoms with Gasteiger partial charge in [0.2, 0.25) is 5.91 Å². The average Bonchev–Trinajstić information content (AvgIpc) is 2.98. The molecule has 2 aliphatic heterocycles. The van der Waals surface area contributed by atoms with Gasteiger partial charge in [-0.15, -0.1) is 0 Å². The Morgan fingerprint density at radius 1 is 1.50 bits per heavy atom. The third-order valence-electron chi connectivity index (χ3n) is 5.30. The zero-order valence-corrected chi connectivity index (χ0v) is 12.5. The summed E-state index contributed by atoms with van der Waals surface area (Å²) in [4.78, 5) is 14.4. The van der Waals surface area contributed by atoms with E-state index in [4.69, 9.17) is 15.7 Å². The highest BCUT2D eigenvalue weighted by Gasteiger charge is 2.60. The third-order valence-corrected chi connectivity index (χ3v) is 5.30. The van der Waals surface area contributed by atoms with Crippen molar-refractivity contribution in [1.82, 2.24) is 4.90 Å². The molecule has 0 saturated carbocycles. The number of nitrogens with two attached hydrogens (primary N) is 1. The van der Waals surface area contributed by atoms with Crippen LogP contribution in [0.5, 0.6) is 0 Å². The SMILES string of the molecule is C[C@@H]1COC23Cc4cccc(/C(N)=N/O)c4CC2CC(=O)N13. The minimum Gasteiger partial charge on any atom is -0.409 e. The number of ether oxygens (including phenoxy) is 1. The molecule has 6 heteroatoms. The molecular weight excluding hydrogens is 282 g/mol. The van der Waals surface area contributed by atoms with Crippen LogP contribution in [-0.4, -0.2) is 40.2 Å². The van der Waals surface area contributed by atoms with Gasteiger partial charge < -0.3 is 20.6 Å². The smallest absolute Gasteiger partial charge is 0.225 e. The van der Waals surface area contributed by atoms with Crippen molar-refractivity contribution in [3.8, 4) is 0 Å². The molecule has 6 nitrogen and oxygen atoms in total. The highest BCUT2D eigenvalue weighted by atomic mass is 16.5. The van der Waals surface area contributed by atoms with Gasteiger partial charge in [0, 0.05) is 24.3 Å². The highest BCUT2D eigenvalue weighted by Crippen LogP contribution is 2.49. The van der Waals surface area contributed by atoms with E-state index in [1.54, 1.807) is 0 Å². The Kier molecular flexibility index (Phi) is 2.75. The zero-order chi connectivity index (χ0) is 15.5. The lowest BCUT2D eigenvalue weighted by molar-refractivity contribution is -0.141. The highest BCUT2D eigenvalue weighted by molar-refractivity contribution is 5.98. The number of carbonyl (C=O) groups excluding carboxylic acids is 1. The van der Waals surface area contributed by atoms with Gasteiger partial charge in [-0.3, -0.25) is 4.79 Å². The maximum Gasteiger partial charge on any atom is 0.225 e. The van der Waals surface area contributed by atoms with Crippen molar-refractivity contribution < 1.29 is 14.7 Å². The summed E-state index contributed by atoms with van der Waals surface area (Å²) >= 11 is 0. The number of hydrogen-bond donors (Lipinski definition) is 2. The summed E-state index contributed by atoms with van der Waals surface area (Å²) in [6, 6.07) is 5.94. The Morgan fingerprint density at radius 3 is 3.09 bits per heavy atom. The van der Waals surface area contributed by atoms with E-state index in [-0.39, 0.29) is 23.7 Å². The monoisotopic (exact) mass is 301 g/mol. The Bertz CT molecular complexity index is 687. The summed E-state index contributed by atoms with van der Waals surface area (Å²) in [5, 5.41) is 12.1. The van der Waals surface area contributed by atoms with E-state index in [9.17, 15) is 4.79 Å². The number of benzene rings is 1. The number of carbonyl (C=O) groups is 1. The summed E-state index contributed by atoms with van der Waals surface area (Å²) in [5.41, 5.74) is 8.26.